The van der Waals surface area contributed by atoms with Crippen LogP contribution < -0.4 is 5.32 Å². The smallest absolute Gasteiger partial charge is 0.0737 e. The van der Waals surface area contributed by atoms with Crippen LogP contribution in [-0.4, -0.2) is 36.1 Å². The number of hydrogen-bond acceptors (Lipinski definition) is 3. The van der Waals surface area contributed by atoms with Crippen LogP contribution in [0.25, 0.3) is 10.9 Å². The zero-order chi connectivity index (χ0) is 14.7. The van der Waals surface area contributed by atoms with Crippen molar-refractivity contribution >= 4 is 28.2 Å². The van der Waals surface area contributed by atoms with E-state index < -0.39 is 0 Å². The van der Waals surface area contributed by atoms with Crippen LogP contribution in [0.3, 0.4) is 0 Å². The first kappa shape index (κ1) is 14.6. The second kappa shape index (κ2) is 6.63. The summed E-state index contributed by atoms with van der Waals surface area (Å²) in [4.78, 5) is 6.86. The van der Waals surface area contributed by atoms with Crippen LogP contribution in [0.2, 0.25) is 5.02 Å². The van der Waals surface area contributed by atoms with Gasteiger partial charge in [0, 0.05) is 41.4 Å². The molecule has 3 nitrogen and oxygen atoms in total. The molecule has 0 amide bonds. The Labute approximate surface area is 131 Å². The lowest BCUT2D eigenvalue weighted by molar-refractivity contribution is 0.254. The summed E-state index contributed by atoms with van der Waals surface area (Å²) in [7, 11) is 2.24. The molecule has 1 aromatic heterocycles. The minimum absolute atomic E-state index is 0.730. The van der Waals surface area contributed by atoms with Gasteiger partial charge in [-0.15, -0.1) is 0 Å². The predicted octanol–water partition coefficient (Wildman–Crippen LogP) is 4.17. The molecular weight excluding hydrogens is 282 g/mol. The molecule has 1 heterocycles. The summed E-state index contributed by atoms with van der Waals surface area (Å²) < 4.78 is 0. The Morgan fingerprint density at radius 3 is 2.90 bits per heavy atom. The van der Waals surface area contributed by atoms with E-state index in [0.29, 0.717) is 0 Å². The van der Waals surface area contributed by atoms with E-state index in [9.17, 15) is 0 Å². The number of likely N-dealkylation sites (N-methyl/N-ethyl adjacent to an activating group) is 1. The maximum absolute atomic E-state index is 6.02. The monoisotopic (exact) mass is 303 g/mol. The molecular formula is C17H22ClN3. The van der Waals surface area contributed by atoms with Crippen LogP contribution in [-0.2, 0) is 0 Å². The van der Waals surface area contributed by atoms with Crippen LogP contribution in [0.1, 0.15) is 25.7 Å². The number of halogens is 1. The molecule has 0 aliphatic heterocycles. The zero-order valence-corrected chi connectivity index (χ0v) is 13.2. The Balaban J connectivity index is 1.62. The van der Waals surface area contributed by atoms with Gasteiger partial charge in [0.2, 0.25) is 0 Å². The molecule has 0 bridgehead atoms. The zero-order valence-electron chi connectivity index (χ0n) is 12.5. The van der Waals surface area contributed by atoms with E-state index in [1.165, 1.54) is 25.7 Å². The van der Waals surface area contributed by atoms with Gasteiger partial charge in [0.15, 0.2) is 0 Å². The van der Waals surface area contributed by atoms with Crippen LogP contribution in [0.15, 0.2) is 30.5 Å². The topological polar surface area (TPSA) is 28.2 Å². The van der Waals surface area contributed by atoms with E-state index >= 15 is 0 Å². The number of rotatable bonds is 5. The van der Waals surface area contributed by atoms with Gasteiger partial charge in [0.25, 0.3) is 0 Å². The lowest BCUT2D eigenvalue weighted by atomic mass is 10.2. The van der Waals surface area contributed by atoms with Gasteiger partial charge in [-0.25, -0.2) is 0 Å². The van der Waals surface area contributed by atoms with Crippen molar-refractivity contribution in [2.24, 2.45) is 0 Å². The Hall–Kier alpha value is -1.32. The number of anilines is 1. The number of benzene rings is 1. The number of nitrogens with zero attached hydrogens (tertiary/aromatic N) is 2. The maximum atomic E-state index is 6.02. The van der Waals surface area contributed by atoms with E-state index in [0.717, 1.165) is 40.7 Å². The molecule has 1 saturated carbocycles. The third-order valence-corrected chi connectivity index (χ3v) is 4.67. The van der Waals surface area contributed by atoms with Crippen LogP contribution in [0.4, 0.5) is 5.69 Å². The summed E-state index contributed by atoms with van der Waals surface area (Å²) in [6, 6.07) is 8.67. The highest BCUT2D eigenvalue weighted by Gasteiger charge is 2.18. The Morgan fingerprint density at radius 1 is 1.29 bits per heavy atom. The van der Waals surface area contributed by atoms with Crippen LogP contribution in [0, 0.1) is 0 Å². The van der Waals surface area contributed by atoms with Gasteiger partial charge >= 0.3 is 0 Å². The predicted molar refractivity (Wildman–Crippen MR) is 90.1 cm³/mol. The third kappa shape index (κ3) is 3.47. The third-order valence-electron chi connectivity index (χ3n) is 4.43. The Kier molecular flexibility index (Phi) is 4.61. The normalized spacial score (nSPS) is 16.0. The highest BCUT2D eigenvalue weighted by Crippen LogP contribution is 2.25. The summed E-state index contributed by atoms with van der Waals surface area (Å²) in [5.74, 6) is 0. The maximum Gasteiger partial charge on any atom is 0.0737 e. The summed E-state index contributed by atoms with van der Waals surface area (Å²) >= 11 is 6.02. The lowest BCUT2D eigenvalue weighted by Gasteiger charge is -2.24. The molecule has 0 saturated heterocycles. The molecule has 1 aliphatic rings. The number of nitrogens with one attached hydrogen (secondary N) is 1. The van der Waals surface area contributed by atoms with Crippen molar-refractivity contribution in [3.8, 4) is 0 Å². The van der Waals surface area contributed by atoms with Gasteiger partial charge in [0.05, 0.1) is 5.52 Å². The second-order valence-corrected chi connectivity index (χ2v) is 6.30. The van der Waals surface area contributed by atoms with Crippen molar-refractivity contribution in [3.63, 3.8) is 0 Å². The Morgan fingerprint density at radius 2 is 2.10 bits per heavy atom. The van der Waals surface area contributed by atoms with E-state index in [4.69, 9.17) is 11.6 Å². The fourth-order valence-corrected chi connectivity index (χ4v) is 3.34. The molecule has 1 fully saturated rings. The number of fused-ring (bicyclic) bond motifs is 1. The van der Waals surface area contributed by atoms with Crippen LogP contribution in [0.5, 0.6) is 0 Å². The quantitative estimate of drug-likeness (QED) is 0.898. The first-order chi connectivity index (χ1) is 10.2. The standard InChI is InChI=1S/C17H22ClN3/c1-21(14-4-2-3-5-14)11-10-20-16-8-9-19-17-12-13(18)6-7-15(16)17/h6-9,12,14H,2-5,10-11H2,1H3,(H,19,20). The van der Waals surface area contributed by atoms with Crippen LogP contribution >= 0.6 is 11.6 Å². The van der Waals surface area contributed by atoms with E-state index in [1.54, 1.807) is 0 Å². The molecule has 1 aromatic carbocycles. The van der Waals surface area contributed by atoms with Gasteiger partial charge in [0.1, 0.15) is 0 Å². The summed E-state index contributed by atoms with van der Waals surface area (Å²) in [6.07, 6.45) is 7.32. The lowest BCUT2D eigenvalue weighted by Crippen LogP contribution is -2.33. The summed E-state index contributed by atoms with van der Waals surface area (Å²) in [6.45, 7) is 2.02. The Bertz CT molecular complexity index is 608. The van der Waals surface area contributed by atoms with Crippen molar-refractivity contribution in [3.05, 3.63) is 35.5 Å². The molecule has 0 radical (unpaired) electrons. The molecule has 3 rings (SSSR count). The first-order valence-electron chi connectivity index (χ1n) is 7.72. The fourth-order valence-electron chi connectivity index (χ4n) is 3.17. The van der Waals surface area contributed by atoms with Gasteiger partial charge in [-0.2, -0.15) is 0 Å². The van der Waals surface area contributed by atoms with Gasteiger partial charge in [-0.05, 0) is 44.2 Å². The molecule has 0 atom stereocenters. The van der Waals surface area contributed by atoms with E-state index in [-0.39, 0.29) is 0 Å². The van der Waals surface area contributed by atoms with Crippen molar-refractivity contribution in [2.45, 2.75) is 31.7 Å². The number of aromatic nitrogens is 1. The fraction of sp³-hybridized carbons (Fsp3) is 0.471. The first-order valence-corrected chi connectivity index (χ1v) is 8.10. The highest BCUT2D eigenvalue weighted by molar-refractivity contribution is 6.31. The van der Waals surface area contributed by atoms with Crippen molar-refractivity contribution < 1.29 is 0 Å². The molecule has 1 N–H and O–H groups in total. The second-order valence-electron chi connectivity index (χ2n) is 5.87. The molecule has 0 spiro atoms. The molecule has 21 heavy (non-hydrogen) atoms. The minimum Gasteiger partial charge on any atom is -0.383 e. The van der Waals surface area contributed by atoms with E-state index in [1.807, 2.05) is 30.5 Å². The van der Waals surface area contributed by atoms with Gasteiger partial charge in [-0.3, -0.25) is 4.98 Å². The highest BCUT2D eigenvalue weighted by atomic mass is 35.5. The van der Waals surface area contributed by atoms with E-state index in [2.05, 4.69) is 22.2 Å². The van der Waals surface area contributed by atoms with Gasteiger partial charge < -0.3 is 10.2 Å². The molecule has 4 heteroatoms. The molecule has 112 valence electrons. The van der Waals surface area contributed by atoms with Crippen molar-refractivity contribution in [1.29, 1.82) is 0 Å². The minimum atomic E-state index is 0.730. The van der Waals surface area contributed by atoms with Gasteiger partial charge in [-0.1, -0.05) is 24.4 Å². The number of hydrogen-bond donors (Lipinski definition) is 1. The van der Waals surface area contributed by atoms with Crippen molar-refractivity contribution in [1.82, 2.24) is 9.88 Å². The SMILES string of the molecule is CN(CCNc1ccnc2cc(Cl)ccc12)C1CCCC1. The molecule has 2 aromatic rings. The number of pyridine rings is 1. The molecule has 1 aliphatic carbocycles. The summed E-state index contributed by atoms with van der Waals surface area (Å²) in [5.41, 5.74) is 2.08. The average Bonchev–Trinajstić information content (AvgIpc) is 3.01. The average molecular weight is 304 g/mol. The van der Waals surface area contributed by atoms with Crippen molar-refractivity contribution in [2.75, 3.05) is 25.5 Å². The molecule has 0 unspecified atom stereocenters. The summed E-state index contributed by atoms with van der Waals surface area (Å²) in [5, 5.41) is 5.40. The largest absolute Gasteiger partial charge is 0.383 e.